The van der Waals surface area contributed by atoms with Crippen LogP contribution in [0.5, 0.6) is 5.75 Å². The molecule has 0 spiro atoms. The summed E-state index contributed by atoms with van der Waals surface area (Å²) in [5, 5.41) is 2.79. The predicted molar refractivity (Wildman–Crippen MR) is 80.9 cm³/mol. The highest BCUT2D eigenvalue weighted by molar-refractivity contribution is 5.80. The van der Waals surface area contributed by atoms with Gasteiger partial charge in [-0.25, -0.2) is 0 Å². The summed E-state index contributed by atoms with van der Waals surface area (Å²) in [6, 6.07) is 7.49. The molecule has 0 aliphatic rings. The topological polar surface area (TPSA) is 67.6 Å². The Morgan fingerprint density at radius 1 is 1.35 bits per heavy atom. The molecule has 5 nitrogen and oxygen atoms in total. The fraction of sp³-hybridized carbons (Fsp3) is 0.533. The van der Waals surface area contributed by atoms with Gasteiger partial charge in [-0.3, -0.25) is 4.79 Å². The van der Waals surface area contributed by atoms with Crippen LogP contribution in [-0.4, -0.2) is 50.6 Å². The van der Waals surface area contributed by atoms with Gasteiger partial charge >= 0.3 is 0 Å². The fourth-order valence-corrected chi connectivity index (χ4v) is 1.59. The average molecular weight is 279 g/mol. The monoisotopic (exact) mass is 279 g/mol. The molecule has 0 heterocycles. The minimum absolute atomic E-state index is 0.117. The Balaban J connectivity index is 2.30. The maximum absolute atomic E-state index is 11.3. The number of hydrogen-bond acceptors (Lipinski definition) is 4. The molecular formula is C15H25N3O2. The van der Waals surface area contributed by atoms with Crippen LogP contribution >= 0.6 is 0 Å². The van der Waals surface area contributed by atoms with Crippen molar-refractivity contribution in [2.45, 2.75) is 19.4 Å². The summed E-state index contributed by atoms with van der Waals surface area (Å²) in [6.45, 7) is 3.85. The van der Waals surface area contributed by atoms with Gasteiger partial charge in [0.05, 0.1) is 6.04 Å². The fourth-order valence-electron chi connectivity index (χ4n) is 1.59. The van der Waals surface area contributed by atoms with Crippen molar-refractivity contribution in [1.29, 1.82) is 0 Å². The van der Waals surface area contributed by atoms with E-state index in [2.05, 4.69) is 10.2 Å². The van der Waals surface area contributed by atoms with Gasteiger partial charge < -0.3 is 20.7 Å². The molecule has 0 aliphatic carbocycles. The molecule has 0 fully saturated rings. The minimum atomic E-state index is -0.456. The Labute approximate surface area is 121 Å². The van der Waals surface area contributed by atoms with Crippen LogP contribution in [-0.2, 0) is 11.2 Å². The first-order valence-corrected chi connectivity index (χ1v) is 6.89. The van der Waals surface area contributed by atoms with E-state index in [1.165, 1.54) is 0 Å². The number of benzene rings is 1. The molecule has 1 atom stereocenters. The number of nitrogens with zero attached hydrogens (tertiary/aromatic N) is 1. The van der Waals surface area contributed by atoms with Crippen molar-refractivity contribution in [3.05, 3.63) is 29.8 Å². The number of amides is 1. The van der Waals surface area contributed by atoms with Crippen molar-refractivity contribution in [2.24, 2.45) is 5.73 Å². The van der Waals surface area contributed by atoms with Crippen LogP contribution in [0.1, 0.15) is 12.5 Å². The molecule has 112 valence electrons. The Morgan fingerprint density at radius 2 is 2.00 bits per heavy atom. The quantitative estimate of drug-likeness (QED) is 0.732. The van der Waals surface area contributed by atoms with Crippen LogP contribution in [0.4, 0.5) is 0 Å². The molecule has 1 aromatic rings. The normalized spacial score (nSPS) is 12.2. The standard InChI is InChI=1S/C15H25N3O2/c1-12(16)15(19)17-9-8-13-4-6-14(7-5-13)20-11-10-18(2)3/h4-7,12H,8-11,16H2,1-3H3,(H,17,19)/t12-/m1/s1. The van der Waals surface area contributed by atoms with Gasteiger partial charge in [0.1, 0.15) is 12.4 Å². The van der Waals surface area contributed by atoms with Gasteiger partial charge in [0.2, 0.25) is 5.91 Å². The maximum Gasteiger partial charge on any atom is 0.236 e. The smallest absolute Gasteiger partial charge is 0.236 e. The molecule has 0 aliphatic heterocycles. The zero-order valence-electron chi connectivity index (χ0n) is 12.6. The third-order valence-corrected chi connectivity index (χ3v) is 2.86. The van der Waals surface area contributed by atoms with E-state index >= 15 is 0 Å². The molecule has 1 amide bonds. The van der Waals surface area contributed by atoms with Crippen LogP contribution in [0.25, 0.3) is 0 Å². The third kappa shape index (κ3) is 6.54. The van der Waals surface area contributed by atoms with Crippen molar-refractivity contribution >= 4 is 5.91 Å². The number of carbonyl (C=O) groups is 1. The van der Waals surface area contributed by atoms with Crippen molar-refractivity contribution in [2.75, 3.05) is 33.8 Å². The highest BCUT2D eigenvalue weighted by Gasteiger charge is 2.05. The molecule has 0 unspecified atom stereocenters. The van der Waals surface area contributed by atoms with Crippen LogP contribution in [0.15, 0.2) is 24.3 Å². The molecule has 0 saturated carbocycles. The molecule has 20 heavy (non-hydrogen) atoms. The predicted octanol–water partition coefficient (Wildman–Crippen LogP) is 0.633. The Bertz CT molecular complexity index is 402. The summed E-state index contributed by atoms with van der Waals surface area (Å²) in [6.07, 6.45) is 0.788. The lowest BCUT2D eigenvalue weighted by molar-refractivity contribution is -0.121. The van der Waals surface area contributed by atoms with Gasteiger partial charge in [-0.2, -0.15) is 0 Å². The first-order valence-electron chi connectivity index (χ1n) is 6.89. The number of nitrogens with two attached hydrogens (primary N) is 1. The van der Waals surface area contributed by atoms with E-state index in [0.717, 1.165) is 24.3 Å². The van der Waals surface area contributed by atoms with Crippen molar-refractivity contribution in [3.63, 3.8) is 0 Å². The number of likely N-dealkylation sites (N-methyl/N-ethyl adjacent to an activating group) is 1. The van der Waals surface area contributed by atoms with E-state index in [0.29, 0.717) is 13.2 Å². The van der Waals surface area contributed by atoms with Crippen LogP contribution in [0, 0.1) is 0 Å². The molecule has 0 saturated heterocycles. The van der Waals surface area contributed by atoms with Gasteiger partial charge in [-0.15, -0.1) is 0 Å². The summed E-state index contributed by atoms with van der Waals surface area (Å²) in [4.78, 5) is 13.4. The first kappa shape index (κ1) is 16.5. The van der Waals surface area contributed by atoms with Crippen molar-refractivity contribution < 1.29 is 9.53 Å². The number of rotatable bonds is 8. The second-order valence-electron chi connectivity index (χ2n) is 5.13. The highest BCUT2D eigenvalue weighted by atomic mass is 16.5. The molecule has 0 bridgehead atoms. The molecule has 3 N–H and O–H groups in total. The molecule has 0 radical (unpaired) electrons. The number of nitrogens with one attached hydrogen (secondary N) is 1. The summed E-state index contributed by atoms with van der Waals surface area (Å²) < 4.78 is 5.62. The first-order chi connectivity index (χ1) is 9.49. The van der Waals surface area contributed by atoms with Crippen LogP contribution in [0.3, 0.4) is 0 Å². The maximum atomic E-state index is 11.3. The lowest BCUT2D eigenvalue weighted by Crippen LogP contribution is -2.39. The van der Waals surface area contributed by atoms with E-state index < -0.39 is 6.04 Å². The highest BCUT2D eigenvalue weighted by Crippen LogP contribution is 2.12. The van der Waals surface area contributed by atoms with E-state index in [-0.39, 0.29) is 5.91 Å². The zero-order chi connectivity index (χ0) is 15.0. The van der Waals surface area contributed by atoms with Crippen molar-refractivity contribution in [1.82, 2.24) is 10.2 Å². The van der Waals surface area contributed by atoms with Gasteiger partial charge in [0.25, 0.3) is 0 Å². The Kier molecular flexibility index (Phi) is 7.04. The summed E-state index contributed by atoms with van der Waals surface area (Å²) >= 11 is 0. The zero-order valence-corrected chi connectivity index (χ0v) is 12.6. The molecule has 0 aromatic heterocycles. The van der Waals surface area contributed by atoms with E-state index in [9.17, 15) is 4.79 Å². The van der Waals surface area contributed by atoms with E-state index in [4.69, 9.17) is 10.5 Å². The molecule has 1 rings (SSSR count). The van der Waals surface area contributed by atoms with Gasteiger partial charge in [-0.05, 0) is 45.1 Å². The van der Waals surface area contributed by atoms with Crippen molar-refractivity contribution in [3.8, 4) is 5.75 Å². The Hall–Kier alpha value is -1.59. The largest absolute Gasteiger partial charge is 0.492 e. The van der Waals surface area contributed by atoms with Crippen LogP contribution in [0.2, 0.25) is 0 Å². The number of ether oxygens (including phenoxy) is 1. The second-order valence-corrected chi connectivity index (χ2v) is 5.13. The number of carbonyl (C=O) groups excluding carboxylic acids is 1. The molecule has 5 heteroatoms. The average Bonchev–Trinajstić information content (AvgIpc) is 2.40. The summed E-state index contributed by atoms with van der Waals surface area (Å²) in [7, 11) is 4.03. The SMILES string of the molecule is C[C@@H](N)C(=O)NCCc1ccc(OCCN(C)C)cc1. The minimum Gasteiger partial charge on any atom is -0.492 e. The summed E-state index contributed by atoms with van der Waals surface area (Å²) in [5.74, 6) is 0.754. The van der Waals surface area contributed by atoms with Gasteiger partial charge in [-0.1, -0.05) is 12.1 Å². The lowest BCUT2D eigenvalue weighted by atomic mass is 10.1. The van der Waals surface area contributed by atoms with E-state index in [1.54, 1.807) is 6.92 Å². The van der Waals surface area contributed by atoms with Gasteiger partial charge in [0, 0.05) is 13.1 Å². The number of hydrogen-bond donors (Lipinski definition) is 2. The molecule has 1 aromatic carbocycles. The lowest BCUT2D eigenvalue weighted by Gasteiger charge is -2.11. The Morgan fingerprint density at radius 3 is 2.55 bits per heavy atom. The van der Waals surface area contributed by atoms with Gasteiger partial charge in [0.15, 0.2) is 0 Å². The third-order valence-electron chi connectivity index (χ3n) is 2.86. The summed E-state index contributed by atoms with van der Waals surface area (Å²) in [5.41, 5.74) is 6.63. The molecular weight excluding hydrogens is 254 g/mol. The second kappa shape index (κ2) is 8.55. The van der Waals surface area contributed by atoms with Crippen LogP contribution < -0.4 is 15.8 Å². The van der Waals surface area contributed by atoms with E-state index in [1.807, 2.05) is 38.4 Å².